The van der Waals surface area contributed by atoms with Crippen LogP contribution in [0.4, 0.5) is 0 Å². The molecule has 0 amide bonds. The third kappa shape index (κ3) is 2.24. The molecular weight excluding hydrogens is 178 g/mol. The van der Waals surface area contributed by atoms with Crippen molar-refractivity contribution in [1.82, 2.24) is 14.7 Å². The topological polar surface area (TPSA) is 78.0 Å². The zero-order valence-corrected chi connectivity index (χ0v) is 7.08. The molecule has 0 saturated heterocycles. The third-order valence-corrected chi connectivity index (χ3v) is 1.74. The summed E-state index contributed by atoms with van der Waals surface area (Å²) in [7, 11) is 0. The lowest BCUT2D eigenvalue weighted by atomic mass is 10.2. The Morgan fingerprint density at radius 1 is 1.92 bits per heavy atom. The molecule has 1 unspecified atom stereocenters. The Bertz CT molecular complexity index is 249. The fraction of sp³-hybridized carbons (Fsp3) is 0.333. The summed E-state index contributed by atoms with van der Waals surface area (Å²) in [6.07, 6.45) is 3.44. The summed E-state index contributed by atoms with van der Waals surface area (Å²) in [5.74, 6) is -0.931. The molecule has 6 heteroatoms. The second-order valence-corrected chi connectivity index (χ2v) is 2.56. The Labute approximate surface area is 74.8 Å². The molecule has 1 aromatic rings. The van der Waals surface area contributed by atoms with Crippen molar-refractivity contribution in [2.24, 2.45) is 0 Å². The fourth-order valence-corrected chi connectivity index (χ4v) is 1.01. The molecule has 0 radical (unpaired) electrons. The number of rotatable bonds is 4. The van der Waals surface area contributed by atoms with E-state index in [0.29, 0.717) is 6.42 Å². The average Bonchev–Trinajstić information content (AvgIpc) is 2.51. The molecule has 0 spiro atoms. The van der Waals surface area contributed by atoms with E-state index in [-0.39, 0.29) is 0 Å². The lowest BCUT2D eigenvalue weighted by Crippen LogP contribution is -2.32. The first-order valence-electron chi connectivity index (χ1n) is 3.33. The summed E-state index contributed by atoms with van der Waals surface area (Å²) in [5, 5.41) is 8.63. The van der Waals surface area contributed by atoms with Gasteiger partial charge in [0.05, 0.1) is 6.33 Å². The number of carboxylic acids is 1. The predicted molar refractivity (Wildman–Crippen MR) is 45.8 cm³/mol. The first kappa shape index (κ1) is 9.08. The standard InChI is InChI=1S/C6H9N3O2S/c10-6(11)5(9-12)1-4-2-7-3-8-4/h2-3,5,9,12H,1H2,(H,7,8)(H,10,11). The van der Waals surface area contributed by atoms with Crippen molar-refractivity contribution in [3.8, 4) is 0 Å². The van der Waals surface area contributed by atoms with E-state index in [0.717, 1.165) is 5.69 Å². The number of hydrogen-bond acceptors (Lipinski definition) is 4. The molecule has 0 aromatic carbocycles. The monoisotopic (exact) mass is 187 g/mol. The summed E-state index contributed by atoms with van der Waals surface area (Å²) < 4.78 is 2.39. The molecule has 3 N–H and O–H groups in total. The molecule has 0 bridgehead atoms. The van der Waals surface area contributed by atoms with Crippen LogP contribution < -0.4 is 4.72 Å². The number of thiol groups is 1. The molecule has 1 aromatic heterocycles. The van der Waals surface area contributed by atoms with Gasteiger partial charge in [-0.3, -0.25) is 9.52 Å². The number of aliphatic carboxylic acids is 1. The number of aromatic nitrogens is 2. The van der Waals surface area contributed by atoms with Crippen LogP contribution in [-0.2, 0) is 11.2 Å². The van der Waals surface area contributed by atoms with E-state index in [1.165, 1.54) is 6.33 Å². The first-order chi connectivity index (χ1) is 5.74. The van der Waals surface area contributed by atoms with Gasteiger partial charge < -0.3 is 10.1 Å². The van der Waals surface area contributed by atoms with Crippen molar-refractivity contribution in [2.75, 3.05) is 0 Å². The van der Waals surface area contributed by atoms with Gasteiger partial charge in [-0.05, 0) is 0 Å². The quantitative estimate of drug-likeness (QED) is 0.494. The predicted octanol–water partition coefficient (Wildman–Crippen LogP) is -0.160. The highest BCUT2D eigenvalue weighted by atomic mass is 32.1. The molecule has 1 atom stereocenters. The van der Waals surface area contributed by atoms with Crippen LogP contribution in [-0.4, -0.2) is 27.1 Å². The van der Waals surface area contributed by atoms with E-state index in [1.54, 1.807) is 6.20 Å². The van der Waals surface area contributed by atoms with Crippen molar-refractivity contribution in [1.29, 1.82) is 0 Å². The smallest absolute Gasteiger partial charge is 0.321 e. The van der Waals surface area contributed by atoms with E-state index in [1.807, 2.05) is 0 Å². The molecule has 0 aliphatic carbocycles. The van der Waals surface area contributed by atoms with E-state index in [9.17, 15) is 4.79 Å². The Hall–Kier alpha value is -1.01. The minimum Gasteiger partial charge on any atom is -0.480 e. The molecule has 12 heavy (non-hydrogen) atoms. The van der Waals surface area contributed by atoms with Crippen LogP contribution in [0.5, 0.6) is 0 Å². The van der Waals surface area contributed by atoms with Crippen LogP contribution in [0.25, 0.3) is 0 Å². The largest absolute Gasteiger partial charge is 0.480 e. The molecular formula is C6H9N3O2S. The maximum absolute atomic E-state index is 10.5. The van der Waals surface area contributed by atoms with Crippen LogP contribution in [0.15, 0.2) is 12.5 Å². The van der Waals surface area contributed by atoms with Crippen LogP contribution in [0.3, 0.4) is 0 Å². The lowest BCUT2D eigenvalue weighted by Gasteiger charge is -2.07. The number of aromatic amines is 1. The number of nitrogens with zero attached hydrogens (tertiary/aromatic N) is 1. The second-order valence-electron chi connectivity index (χ2n) is 2.30. The van der Waals surface area contributed by atoms with Crippen LogP contribution in [0, 0.1) is 0 Å². The van der Waals surface area contributed by atoms with E-state index < -0.39 is 12.0 Å². The van der Waals surface area contributed by atoms with E-state index >= 15 is 0 Å². The van der Waals surface area contributed by atoms with Gasteiger partial charge in [0, 0.05) is 18.3 Å². The summed E-state index contributed by atoms with van der Waals surface area (Å²) in [5.41, 5.74) is 0.768. The molecule has 0 aliphatic rings. The average molecular weight is 187 g/mol. The number of carbonyl (C=O) groups is 1. The maximum atomic E-state index is 10.5. The van der Waals surface area contributed by atoms with E-state index in [4.69, 9.17) is 5.11 Å². The van der Waals surface area contributed by atoms with Gasteiger partial charge in [0.25, 0.3) is 0 Å². The highest BCUT2D eigenvalue weighted by Gasteiger charge is 2.15. The molecule has 1 heterocycles. The summed E-state index contributed by atoms with van der Waals surface area (Å²) in [6.45, 7) is 0. The second kappa shape index (κ2) is 4.13. The Morgan fingerprint density at radius 3 is 3.08 bits per heavy atom. The van der Waals surface area contributed by atoms with Crippen molar-refractivity contribution < 1.29 is 9.90 Å². The minimum atomic E-state index is -0.931. The van der Waals surface area contributed by atoms with Gasteiger partial charge in [-0.2, -0.15) is 0 Å². The van der Waals surface area contributed by atoms with Crippen LogP contribution in [0.1, 0.15) is 5.69 Å². The number of nitrogens with one attached hydrogen (secondary N) is 2. The Balaban J connectivity index is 2.54. The van der Waals surface area contributed by atoms with Crippen molar-refractivity contribution >= 4 is 18.8 Å². The zero-order chi connectivity index (χ0) is 8.97. The van der Waals surface area contributed by atoms with E-state index in [2.05, 4.69) is 27.5 Å². The zero-order valence-electron chi connectivity index (χ0n) is 6.19. The van der Waals surface area contributed by atoms with Crippen LogP contribution in [0.2, 0.25) is 0 Å². The fourth-order valence-electron chi connectivity index (χ4n) is 0.804. The molecule has 0 fully saturated rings. The van der Waals surface area contributed by atoms with Gasteiger partial charge in [0.2, 0.25) is 0 Å². The maximum Gasteiger partial charge on any atom is 0.321 e. The summed E-state index contributed by atoms with van der Waals surface area (Å²) >= 11 is 3.70. The molecule has 1 rings (SSSR count). The highest BCUT2D eigenvalue weighted by Crippen LogP contribution is 1.98. The highest BCUT2D eigenvalue weighted by molar-refractivity contribution is 7.78. The molecule has 66 valence electrons. The lowest BCUT2D eigenvalue weighted by molar-refractivity contribution is -0.138. The van der Waals surface area contributed by atoms with Gasteiger partial charge in [0.1, 0.15) is 6.04 Å². The number of carboxylic acid groups (broad SMARTS) is 1. The first-order valence-corrected chi connectivity index (χ1v) is 3.78. The summed E-state index contributed by atoms with van der Waals surface area (Å²) in [4.78, 5) is 17.1. The van der Waals surface area contributed by atoms with Crippen molar-refractivity contribution in [3.05, 3.63) is 18.2 Å². The third-order valence-electron chi connectivity index (χ3n) is 1.43. The number of H-pyrrole nitrogens is 1. The van der Waals surface area contributed by atoms with Gasteiger partial charge in [-0.25, -0.2) is 4.98 Å². The summed E-state index contributed by atoms with van der Waals surface area (Å²) in [6, 6.07) is -0.686. The van der Waals surface area contributed by atoms with Gasteiger partial charge >= 0.3 is 5.97 Å². The molecule has 0 saturated carbocycles. The normalized spacial score (nSPS) is 12.8. The van der Waals surface area contributed by atoms with Crippen LogP contribution >= 0.6 is 12.8 Å². The Morgan fingerprint density at radius 2 is 2.67 bits per heavy atom. The van der Waals surface area contributed by atoms with Crippen molar-refractivity contribution in [3.63, 3.8) is 0 Å². The molecule has 5 nitrogen and oxygen atoms in total. The van der Waals surface area contributed by atoms with Gasteiger partial charge in [-0.15, -0.1) is 0 Å². The number of imidazole rings is 1. The van der Waals surface area contributed by atoms with Gasteiger partial charge in [0.15, 0.2) is 0 Å². The minimum absolute atomic E-state index is 0.346. The number of hydrogen-bond donors (Lipinski definition) is 4. The van der Waals surface area contributed by atoms with Gasteiger partial charge in [-0.1, -0.05) is 12.8 Å². The SMILES string of the molecule is O=C(O)C(Cc1cnc[nH]1)NS. The molecule has 0 aliphatic heterocycles. The van der Waals surface area contributed by atoms with Crippen molar-refractivity contribution in [2.45, 2.75) is 12.5 Å². The Kier molecular flexibility index (Phi) is 3.12.